The Labute approximate surface area is 123 Å². The lowest BCUT2D eigenvalue weighted by atomic mass is 10.3. The maximum Gasteiger partial charge on any atom is 0.134 e. The average molecular weight is 290 g/mol. The van der Waals surface area contributed by atoms with Crippen molar-refractivity contribution >= 4 is 11.6 Å². The van der Waals surface area contributed by atoms with Crippen LogP contribution in [0.4, 0.5) is 0 Å². The number of likely N-dealkylation sites (N-methyl/N-ethyl adjacent to an activating group) is 1. The minimum atomic E-state index is 0.133. The van der Waals surface area contributed by atoms with E-state index in [1.54, 1.807) is 24.3 Å². The van der Waals surface area contributed by atoms with Crippen molar-refractivity contribution in [1.29, 1.82) is 0 Å². The number of rotatable bonds is 0. The van der Waals surface area contributed by atoms with Crippen molar-refractivity contribution in [2.24, 2.45) is 0 Å². The van der Waals surface area contributed by atoms with Gasteiger partial charge in [-0.2, -0.15) is 0 Å². The van der Waals surface area contributed by atoms with Gasteiger partial charge in [-0.05, 0) is 19.2 Å². The van der Waals surface area contributed by atoms with Gasteiger partial charge >= 0.3 is 0 Å². The second kappa shape index (κ2) is 15.3. The van der Waals surface area contributed by atoms with E-state index in [2.05, 4.69) is 11.9 Å². The number of morpholine rings is 1. The summed E-state index contributed by atoms with van der Waals surface area (Å²) in [5, 5.41) is 9.18. The standard InChI is InChI=1S/C6H5ClO.C5H11NO.2C2H6/c7-5-3-1-2-4-6(5)8;1-6-2-4-7-5-3-6;2*1-2/h1-4,8H;2-5H2,1H3;2*1-2H3. The quantitative estimate of drug-likeness (QED) is 0.782. The maximum atomic E-state index is 8.79. The monoisotopic (exact) mass is 289 g/mol. The molecular weight excluding hydrogens is 262 g/mol. The summed E-state index contributed by atoms with van der Waals surface area (Å²) in [5.74, 6) is 0.133. The molecule has 0 amide bonds. The van der Waals surface area contributed by atoms with Gasteiger partial charge in [0.15, 0.2) is 0 Å². The maximum absolute atomic E-state index is 8.79. The second-order valence-corrected chi connectivity index (χ2v) is 3.77. The molecule has 1 aliphatic rings. The van der Waals surface area contributed by atoms with Gasteiger partial charge in [0.2, 0.25) is 0 Å². The van der Waals surface area contributed by atoms with E-state index in [9.17, 15) is 0 Å². The van der Waals surface area contributed by atoms with Crippen LogP contribution in [-0.4, -0.2) is 43.4 Å². The lowest BCUT2D eigenvalue weighted by molar-refractivity contribution is 0.0503. The molecule has 2 rings (SSSR count). The molecule has 0 aliphatic carbocycles. The predicted octanol–water partition coefficient (Wildman–Crippen LogP) is 4.05. The van der Waals surface area contributed by atoms with Crippen molar-refractivity contribution in [3.63, 3.8) is 0 Å². The number of para-hydroxylation sites is 1. The zero-order chi connectivity index (χ0) is 15.1. The summed E-state index contributed by atoms with van der Waals surface area (Å²) < 4.78 is 5.10. The first-order valence-electron chi connectivity index (χ1n) is 6.90. The smallest absolute Gasteiger partial charge is 0.134 e. The predicted molar refractivity (Wildman–Crippen MR) is 84.1 cm³/mol. The molecule has 1 aliphatic heterocycles. The Hall–Kier alpha value is -0.770. The Morgan fingerprint density at radius 3 is 1.79 bits per heavy atom. The largest absolute Gasteiger partial charge is 0.506 e. The second-order valence-electron chi connectivity index (χ2n) is 3.37. The van der Waals surface area contributed by atoms with Crippen LogP contribution in [0.1, 0.15) is 27.7 Å². The molecule has 0 unspecified atom stereocenters. The van der Waals surface area contributed by atoms with Crippen LogP contribution in [0.5, 0.6) is 5.75 Å². The van der Waals surface area contributed by atoms with Crippen molar-refractivity contribution in [3.05, 3.63) is 29.3 Å². The van der Waals surface area contributed by atoms with E-state index < -0.39 is 0 Å². The van der Waals surface area contributed by atoms with E-state index in [0.29, 0.717) is 5.02 Å². The van der Waals surface area contributed by atoms with Crippen LogP contribution in [0.15, 0.2) is 24.3 Å². The SMILES string of the molecule is CC.CC.CN1CCOCC1.Oc1ccccc1Cl. The van der Waals surface area contributed by atoms with Gasteiger partial charge < -0.3 is 14.7 Å². The van der Waals surface area contributed by atoms with Crippen molar-refractivity contribution < 1.29 is 9.84 Å². The summed E-state index contributed by atoms with van der Waals surface area (Å²) in [6, 6.07) is 6.67. The van der Waals surface area contributed by atoms with E-state index in [-0.39, 0.29) is 5.75 Å². The highest BCUT2D eigenvalue weighted by Gasteiger charge is 2.02. The first kappa shape index (κ1) is 20.5. The van der Waals surface area contributed by atoms with Crippen LogP contribution < -0.4 is 0 Å². The zero-order valence-corrected chi connectivity index (χ0v) is 13.6. The Balaban J connectivity index is 0. The molecule has 0 saturated carbocycles. The number of hydrogen-bond donors (Lipinski definition) is 1. The molecule has 4 heteroatoms. The fraction of sp³-hybridized carbons (Fsp3) is 0.600. The fourth-order valence-electron chi connectivity index (χ4n) is 1.11. The average Bonchev–Trinajstić information content (AvgIpc) is 2.48. The van der Waals surface area contributed by atoms with E-state index in [1.807, 2.05) is 27.7 Å². The van der Waals surface area contributed by atoms with Gasteiger partial charge in [-0.1, -0.05) is 51.4 Å². The molecular formula is C15H28ClNO2. The topological polar surface area (TPSA) is 32.7 Å². The number of phenols is 1. The van der Waals surface area contributed by atoms with Crippen LogP contribution in [0.25, 0.3) is 0 Å². The number of hydrogen-bond acceptors (Lipinski definition) is 3. The van der Waals surface area contributed by atoms with Crippen LogP contribution in [-0.2, 0) is 4.74 Å². The summed E-state index contributed by atoms with van der Waals surface area (Å²) in [6.45, 7) is 12.0. The van der Waals surface area contributed by atoms with Crippen LogP contribution in [0, 0.1) is 0 Å². The molecule has 112 valence electrons. The lowest BCUT2D eigenvalue weighted by Gasteiger charge is -2.21. The highest BCUT2D eigenvalue weighted by atomic mass is 35.5. The zero-order valence-electron chi connectivity index (χ0n) is 12.8. The molecule has 19 heavy (non-hydrogen) atoms. The molecule has 0 bridgehead atoms. The number of phenolic OH excluding ortho intramolecular Hbond substituents is 1. The molecule has 0 spiro atoms. The fourth-order valence-corrected chi connectivity index (χ4v) is 1.24. The molecule has 0 atom stereocenters. The summed E-state index contributed by atoms with van der Waals surface area (Å²) >= 11 is 5.46. The van der Waals surface area contributed by atoms with E-state index in [1.165, 1.54) is 0 Å². The Morgan fingerprint density at radius 2 is 1.53 bits per heavy atom. The van der Waals surface area contributed by atoms with E-state index >= 15 is 0 Å². The molecule has 1 saturated heterocycles. The summed E-state index contributed by atoms with van der Waals surface area (Å²) in [4.78, 5) is 2.27. The normalized spacial score (nSPS) is 13.8. The van der Waals surface area contributed by atoms with E-state index in [0.717, 1.165) is 26.3 Å². The third-order valence-electron chi connectivity index (χ3n) is 2.09. The molecule has 0 aromatic heterocycles. The minimum absolute atomic E-state index is 0.133. The highest BCUT2D eigenvalue weighted by Crippen LogP contribution is 2.20. The van der Waals surface area contributed by atoms with Gasteiger partial charge in [0.05, 0.1) is 18.2 Å². The van der Waals surface area contributed by atoms with Gasteiger partial charge in [-0.15, -0.1) is 0 Å². The Kier molecular flexibility index (Phi) is 16.5. The van der Waals surface area contributed by atoms with Crippen molar-refractivity contribution in [1.82, 2.24) is 4.90 Å². The van der Waals surface area contributed by atoms with Crippen molar-refractivity contribution in [2.75, 3.05) is 33.4 Å². The highest BCUT2D eigenvalue weighted by molar-refractivity contribution is 6.31. The Morgan fingerprint density at radius 1 is 1.05 bits per heavy atom. The first-order valence-corrected chi connectivity index (χ1v) is 7.27. The van der Waals surface area contributed by atoms with Gasteiger partial charge in [0.1, 0.15) is 5.75 Å². The number of nitrogens with zero attached hydrogens (tertiary/aromatic N) is 1. The van der Waals surface area contributed by atoms with Crippen LogP contribution in [0.2, 0.25) is 5.02 Å². The number of benzene rings is 1. The van der Waals surface area contributed by atoms with E-state index in [4.69, 9.17) is 21.4 Å². The van der Waals surface area contributed by atoms with Gasteiger partial charge in [-0.3, -0.25) is 0 Å². The van der Waals surface area contributed by atoms with Gasteiger partial charge in [-0.25, -0.2) is 0 Å². The van der Waals surface area contributed by atoms with Crippen LogP contribution in [0.3, 0.4) is 0 Å². The van der Waals surface area contributed by atoms with Gasteiger partial charge in [0, 0.05) is 13.1 Å². The Bertz CT molecular complexity index is 268. The minimum Gasteiger partial charge on any atom is -0.506 e. The van der Waals surface area contributed by atoms with Crippen molar-refractivity contribution in [2.45, 2.75) is 27.7 Å². The number of halogens is 1. The molecule has 3 nitrogen and oxygen atoms in total. The first-order chi connectivity index (χ1) is 9.20. The van der Waals surface area contributed by atoms with Crippen molar-refractivity contribution in [3.8, 4) is 5.75 Å². The summed E-state index contributed by atoms with van der Waals surface area (Å²) in [7, 11) is 2.11. The molecule has 1 N–H and O–H groups in total. The van der Waals surface area contributed by atoms with Crippen LogP contribution >= 0.6 is 11.6 Å². The molecule has 1 aromatic rings. The summed E-state index contributed by atoms with van der Waals surface area (Å²) in [5.41, 5.74) is 0. The molecule has 1 heterocycles. The third kappa shape index (κ3) is 12.0. The lowest BCUT2D eigenvalue weighted by Crippen LogP contribution is -2.32. The molecule has 1 aromatic carbocycles. The summed E-state index contributed by atoms with van der Waals surface area (Å²) in [6.07, 6.45) is 0. The molecule has 0 radical (unpaired) electrons. The number of ether oxygens (including phenoxy) is 1. The van der Waals surface area contributed by atoms with Gasteiger partial charge in [0.25, 0.3) is 0 Å². The molecule has 1 fully saturated rings. The number of aromatic hydroxyl groups is 1. The third-order valence-corrected chi connectivity index (χ3v) is 2.41.